The fourth-order valence-electron chi connectivity index (χ4n) is 2.16. The zero-order valence-corrected chi connectivity index (χ0v) is 13.6. The Morgan fingerprint density at radius 2 is 1.68 bits per heavy atom. The molecule has 0 saturated carbocycles. The number of benzene rings is 2. The molecule has 0 fully saturated rings. The summed E-state index contributed by atoms with van der Waals surface area (Å²) in [4.78, 5) is 16.4. The molecule has 3 aromatic rings. The number of carbonyl (C=O) groups excluding carboxylic acids is 1. The number of hydrogen-bond acceptors (Lipinski definition) is 3. The molecule has 0 radical (unpaired) electrons. The lowest BCUT2D eigenvalue weighted by Gasteiger charge is -2.06. The molecule has 0 aliphatic carbocycles. The number of nitrogens with zero attached hydrogens (tertiary/aromatic N) is 1. The van der Waals surface area contributed by atoms with Gasteiger partial charge < -0.3 is 0 Å². The van der Waals surface area contributed by atoms with Crippen LogP contribution in [-0.2, 0) is 6.18 Å². The standard InChI is InChI=1S/C19H12F3NOS/c20-19(21,22)15-9-7-14(8-10-15)16-12-25-18(23-16)17(24)11-6-13-4-2-1-3-5-13/h1-12H. The van der Waals surface area contributed by atoms with Gasteiger partial charge in [-0.15, -0.1) is 11.3 Å². The zero-order chi connectivity index (χ0) is 17.9. The molecule has 2 aromatic carbocycles. The van der Waals surface area contributed by atoms with E-state index in [1.165, 1.54) is 18.2 Å². The number of rotatable bonds is 4. The largest absolute Gasteiger partial charge is 0.416 e. The Labute approximate surface area is 146 Å². The Kier molecular flexibility index (Phi) is 4.81. The van der Waals surface area contributed by atoms with Gasteiger partial charge in [-0.3, -0.25) is 4.79 Å². The minimum Gasteiger partial charge on any atom is -0.287 e. The van der Waals surface area contributed by atoms with Gasteiger partial charge in [-0.05, 0) is 23.8 Å². The first kappa shape index (κ1) is 17.1. The summed E-state index contributed by atoms with van der Waals surface area (Å²) >= 11 is 1.16. The molecule has 0 spiro atoms. The zero-order valence-electron chi connectivity index (χ0n) is 12.8. The molecular formula is C19H12F3NOS. The quantitative estimate of drug-likeness (QED) is 0.440. The summed E-state index contributed by atoms with van der Waals surface area (Å²) in [6.07, 6.45) is -1.24. The number of carbonyl (C=O) groups is 1. The molecule has 0 aliphatic rings. The molecule has 3 rings (SSSR count). The summed E-state index contributed by atoms with van der Waals surface area (Å²) in [7, 11) is 0. The van der Waals surface area contributed by atoms with Gasteiger partial charge in [0.15, 0.2) is 5.01 Å². The van der Waals surface area contributed by atoms with E-state index >= 15 is 0 Å². The Morgan fingerprint density at radius 3 is 2.32 bits per heavy atom. The van der Waals surface area contributed by atoms with E-state index in [-0.39, 0.29) is 5.78 Å². The van der Waals surface area contributed by atoms with Gasteiger partial charge in [0.2, 0.25) is 5.78 Å². The first-order valence-electron chi connectivity index (χ1n) is 7.34. The highest BCUT2D eigenvalue weighted by Gasteiger charge is 2.30. The van der Waals surface area contributed by atoms with E-state index in [0.29, 0.717) is 16.3 Å². The number of allylic oxidation sites excluding steroid dienone is 1. The summed E-state index contributed by atoms with van der Waals surface area (Å²) in [5.74, 6) is -0.244. The number of thiazole rings is 1. The van der Waals surface area contributed by atoms with E-state index in [2.05, 4.69) is 4.98 Å². The second-order valence-corrected chi connectivity index (χ2v) is 6.08. The van der Waals surface area contributed by atoms with Gasteiger partial charge in [0.25, 0.3) is 0 Å². The molecule has 0 N–H and O–H groups in total. The SMILES string of the molecule is O=C(C=Cc1ccccc1)c1nc(-c2ccc(C(F)(F)F)cc2)cs1. The van der Waals surface area contributed by atoms with Crippen LogP contribution in [-0.4, -0.2) is 10.8 Å². The van der Waals surface area contributed by atoms with Crippen LogP contribution in [0.3, 0.4) is 0 Å². The molecule has 1 heterocycles. The van der Waals surface area contributed by atoms with Crippen molar-refractivity contribution in [2.24, 2.45) is 0 Å². The van der Waals surface area contributed by atoms with Crippen molar-refractivity contribution in [2.45, 2.75) is 6.18 Å². The van der Waals surface area contributed by atoms with Crippen LogP contribution in [0.4, 0.5) is 13.2 Å². The van der Waals surface area contributed by atoms with Crippen molar-refractivity contribution in [3.8, 4) is 11.3 Å². The summed E-state index contributed by atoms with van der Waals surface area (Å²) < 4.78 is 37.8. The normalized spacial score (nSPS) is 11.8. The number of aromatic nitrogens is 1. The van der Waals surface area contributed by atoms with Crippen molar-refractivity contribution < 1.29 is 18.0 Å². The molecular weight excluding hydrogens is 347 g/mol. The van der Waals surface area contributed by atoms with E-state index in [1.54, 1.807) is 11.5 Å². The molecule has 0 bridgehead atoms. The maximum absolute atomic E-state index is 12.6. The summed E-state index contributed by atoms with van der Waals surface area (Å²) in [5, 5.41) is 1.95. The molecule has 0 aliphatic heterocycles. The third-order valence-corrected chi connectivity index (χ3v) is 4.31. The van der Waals surface area contributed by atoms with Crippen molar-refractivity contribution in [3.63, 3.8) is 0 Å². The van der Waals surface area contributed by atoms with Gasteiger partial charge in [0.1, 0.15) is 0 Å². The fourth-order valence-corrected chi connectivity index (χ4v) is 2.90. The molecule has 0 saturated heterocycles. The van der Waals surface area contributed by atoms with E-state index in [1.807, 2.05) is 30.3 Å². The van der Waals surface area contributed by atoms with Crippen LogP contribution in [0.1, 0.15) is 20.9 Å². The lowest BCUT2D eigenvalue weighted by atomic mass is 10.1. The highest BCUT2D eigenvalue weighted by atomic mass is 32.1. The molecule has 25 heavy (non-hydrogen) atoms. The Bertz CT molecular complexity index is 896. The number of alkyl halides is 3. The molecule has 0 unspecified atom stereocenters. The van der Waals surface area contributed by atoms with E-state index < -0.39 is 11.7 Å². The molecule has 126 valence electrons. The van der Waals surface area contributed by atoms with Crippen LogP contribution in [0.25, 0.3) is 17.3 Å². The van der Waals surface area contributed by atoms with Crippen LogP contribution in [0.5, 0.6) is 0 Å². The van der Waals surface area contributed by atoms with Gasteiger partial charge in [0.05, 0.1) is 11.3 Å². The van der Waals surface area contributed by atoms with Gasteiger partial charge in [-0.1, -0.05) is 48.5 Å². The highest BCUT2D eigenvalue weighted by molar-refractivity contribution is 7.12. The highest BCUT2D eigenvalue weighted by Crippen LogP contribution is 2.31. The van der Waals surface area contributed by atoms with Gasteiger partial charge in [-0.25, -0.2) is 4.98 Å². The minimum atomic E-state index is -4.37. The van der Waals surface area contributed by atoms with E-state index in [9.17, 15) is 18.0 Å². The number of halogens is 3. The molecule has 0 atom stereocenters. The lowest BCUT2D eigenvalue weighted by Crippen LogP contribution is -2.04. The van der Waals surface area contributed by atoms with Crippen LogP contribution in [0, 0.1) is 0 Å². The first-order chi connectivity index (χ1) is 11.9. The maximum Gasteiger partial charge on any atom is 0.416 e. The first-order valence-corrected chi connectivity index (χ1v) is 8.22. The minimum absolute atomic E-state index is 0.244. The van der Waals surface area contributed by atoms with Crippen molar-refractivity contribution >= 4 is 23.2 Å². The topological polar surface area (TPSA) is 30.0 Å². The van der Waals surface area contributed by atoms with Crippen LogP contribution in [0.15, 0.2) is 66.1 Å². The predicted molar refractivity (Wildman–Crippen MR) is 92.4 cm³/mol. The van der Waals surface area contributed by atoms with Gasteiger partial charge in [0, 0.05) is 10.9 Å². The summed E-state index contributed by atoms with van der Waals surface area (Å²) in [6, 6.07) is 14.1. The van der Waals surface area contributed by atoms with Crippen molar-refractivity contribution in [1.29, 1.82) is 0 Å². The summed E-state index contributed by atoms with van der Waals surface area (Å²) in [5.41, 5.74) is 1.20. The lowest BCUT2D eigenvalue weighted by molar-refractivity contribution is -0.137. The van der Waals surface area contributed by atoms with Crippen LogP contribution >= 0.6 is 11.3 Å². The van der Waals surface area contributed by atoms with Gasteiger partial charge in [-0.2, -0.15) is 13.2 Å². The average Bonchev–Trinajstić information content (AvgIpc) is 3.10. The van der Waals surface area contributed by atoms with E-state index in [4.69, 9.17) is 0 Å². The maximum atomic E-state index is 12.6. The van der Waals surface area contributed by atoms with Crippen molar-refractivity contribution in [2.75, 3.05) is 0 Å². The molecule has 2 nitrogen and oxygen atoms in total. The molecule has 1 aromatic heterocycles. The van der Waals surface area contributed by atoms with E-state index in [0.717, 1.165) is 29.0 Å². The fraction of sp³-hybridized carbons (Fsp3) is 0.0526. The second kappa shape index (κ2) is 7.03. The number of ketones is 1. The van der Waals surface area contributed by atoms with Gasteiger partial charge >= 0.3 is 6.18 Å². The second-order valence-electron chi connectivity index (χ2n) is 5.22. The average molecular weight is 359 g/mol. The van der Waals surface area contributed by atoms with Crippen LogP contribution < -0.4 is 0 Å². The van der Waals surface area contributed by atoms with Crippen molar-refractivity contribution in [1.82, 2.24) is 4.98 Å². The molecule has 6 heteroatoms. The predicted octanol–water partition coefficient (Wildman–Crippen LogP) is 5.73. The Balaban J connectivity index is 1.76. The third-order valence-electron chi connectivity index (χ3n) is 3.45. The van der Waals surface area contributed by atoms with Crippen molar-refractivity contribution in [3.05, 3.63) is 82.2 Å². The monoisotopic (exact) mass is 359 g/mol. The molecule has 0 amide bonds. The smallest absolute Gasteiger partial charge is 0.287 e. The van der Waals surface area contributed by atoms with Crippen LogP contribution in [0.2, 0.25) is 0 Å². The third kappa shape index (κ3) is 4.22. The Morgan fingerprint density at radius 1 is 1.00 bits per heavy atom. The number of hydrogen-bond donors (Lipinski definition) is 0. The summed E-state index contributed by atoms with van der Waals surface area (Å²) in [6.45, 7) is 0. The Hall–Kier alpha value is -2.73.